The lowest BCUT2D eigenvalue weighted by molar-refractivity contribution is -0.386. The van der Waals surface area contributed by atoms with Gasteiger partial charge in [-0.3, -0.25) is 14.9 Å². The molecule has 0 bridgehead atoms. The molecule has 1 aliphatic heterocycles. The number of carbonyl (C=O) groups excluding carboxylic acids is 2. The monoisotopic (exact) mass is 484 g/mol. The van der Waals surface area contributed by atoms with Gasteiger partial charge in [-0.05, 0) is 26.0 Å². The van der Waals surface area contributed by atoms with Gasteiger partial charge >= 0.3 is 11.7 Å². The zero-order valence-corrected chi connectivity index (χ0v) is 19.8. The van der Waals surface area contributed by atoms with Crippen molar-refractivity contribution in [3.05, 3.63) is 57.3 Å². The van der Waals surface area contributed by atoms with Gasteiger partial charge in [0.25, 0.3) is 5.91 Å². The number of para-hydroxylation sites is 2. The van der Waals surface area contributed by atoms with Crippen molar-refractivity contribution in [2.24, 2.45) is 4.99 Å². The number of rotatable bonds is 7. The summed E-state index contributed by atoms with van der Waals surface area (Å²) in [5.74, 6) is -2.12. The van der Waals surface area contributed by atoms with E-state index in [2.05, 4.69) is 15.6 Å². The molecule has 2 N–H and O–H groups in total. The molecule has 35 heavy (non-hydrogen) atoms. The zero-order valence-electron chi connectivity index (χ0n) is 19.8. The molecule has 0 aliphatic carbocycles. The largest absolute Gasteiger partial charge is 0.493 e. The number of nitrogens with zero attached hydrogens (tertiary/aromatic N) is 2. The van der Waals surface area contributed by atoms with E-state index in [0.29, 0.717) is 17.1 Å². The Morgan fingerprint density at radius 1 is 1.11 bits per heavy atom. The molecule has 12 heteroatoms. The minimum absolute atomic E-state index is 0.0345. The molecule has 1 amide bonds. The summed E-state index contributed by atoms with van der Waals surface area (Å²) in [5.41, 5.74) is 0.321. The van der Waals surface area contributed by atoms with Crippen LogP contribution in [0.25, 0.3) is 0 Å². The fraction of sp³-hybridized carbons (Fsp3) is 0.261. The minimum atomic E-state index is -0.927. The molecule has 0 atom stereocenters. The van der Waals surface area contributed by atoms with Crippen molar-refractivity contribution in [1.29, 1.82) is 0 Å². The van der Waals surface area contributed by atoms with Gasteiger partial charge in [-0.1, -0.05) is 12.1 Å². The van der Waals surface area contributed by atoms with Gasteiger partial charge in [-0.2, -0.15) is 0 Å². The van der Waals surface area contributed by atoms with Gasteiger partial charge in [0.2, 0.25) is 11.5 Å². The van der Waals surface area contributed by atoms with Crippen molar-refractivity contribution >= 4 is 34.8 Å². The van der Waals surface area contributed by atoms with E-state index >= 15 is 0 Å². The fourth-order valence-corrected chi connectivity index (χ4v) is 3.51. The number of nitro groups is 1. The van der Waals surface area contributed by atoms with Crippen molar-refractivity contribution in [1.82, 2.24) is 5.32 Å². The van der Waals surface area contributed by atoms with E-state index in [1.807, 2.05) is 0 Å². The molecule has 0 spiro atoms. The van der Waals surface area contributed by atoms with Crippen LogP contribution in [0.4, 0.5) is 17.1 Å². The number of hydrogen-bond acceptors (Lipinski definition) is 10. The first kappa shape index (κ1) is 25.0. The maximum absolute atomic E-state index is 13.4. The number of nitrogens with one attached hydrogen (secondary N) is 2. The number of ether oxygens (including phenoxy) is 4. The molecular formula is C23H24N4O8. The molecule has 0 unspecified atom stereocenters. The zero-order chi connectivity index (χ0) is 25.7. The highest BCUT2D eigenvalue weighted by Crippen LogP contribution is 2.46. The van der Waals surface area contributed by atoms with Crippen molar-refractivity contribution in [2.75, 3.05) is 33.3 Å². The van der Waals surface area contributed by atoms with Gasteiger partial charge in [0.1, 0.15) is 17.0 Å². The van der Waals surface area contributed by atoms with E-state index in [1.165, 1.54) is 21.3 Å². The Labute approximate surface area is 200 Å². The lowest BCUT2D eigenvalue weighted by atomic mass is 10.1. The highest BCUT2D eigenvalue weighted by atomic mass is 16.6. The Morgan fingerprint density at radius 2 is 1.80 bits per heavy atom. The summed E-state index contributed by atoms with van der Waals surface area (Å²) in [7, 11) is 3.80. The molecule has 0 aromatic heterocycles. The molecule has 12 nitrogen and oxygen atoms in total. The number of methoxy groups -OCH3 is 3. The van der Waals surface area contributed by atoms with Crippen LogP contribution < -0.4 is 24.8 Å². The average Bonchev–Trinajstić information content (AvgIpc) is 2.97. The standard InChI is InChI=1S/C23H24N4O8/c1-6-35-23(29)17-12(2)24-14-9-7-8-10-15(14)25-21(17)26-22(28)13-11-16(32-3)19(33-4)20(34-5)18(13)27(30)31/h7-11,24H,6H2,1-5H3,(H,25,26,28). The van der Waals surface area contributed by atoms with E-state index < -0.39 is 28.1 Å². The number of aliphatic imine (C=N–C) groups is 1. The van der Waals surface area contributed by atoms with Crippen LogP contribution in [0.3, 0.4) is 0 Å². The van der Waals surface area contributed by atoms with Crippen LogP contribution in [0.2, 0.25) is 0 Å². The highest BCUT2D eigenvalue weighted by Gasteiger charge is 2.34. The van der Waals surface area contributed by atoms with E-state index in [-0.39, 0.29) is 35.3 Å². The number of amides is 1. The Morgan fingerprint density at radius 3 is 2.40 bits per heavy atom. The number of nitro benzene ring substituents is 1. The molecule has 1 heterocycles. The molecule has 2 aromatic rings. The number of benzene rings is 2. The number of fused-ring (bicyclic) bond motifs is 1. The predicted molar refractivity (Wildman–Crippen MR) is 127 cm³/mol. The van der Waals surface area contributed by atoms with E-state index in [4.69, 9.17) is 18.9 Å². The number of allylic oxidation sites excluding steroid dienone is 1. The first-order chi connectivity index (χ1) is 16.8. The van der Waals surface area contributed by atoms with Crippen LogP contribution in [0.15, 0.2) is 46.6 Å². The predicted octanol–water partition coefficient (Wildman–Crippen LogP) is 3.34. The SMILES string of the molecule is CCOC(=O)C1=C(C)Nc2ccccc2N=C1NC(=O)c1cc(OC)c(OC)c(OC)c1[N+](=O)[O-]. The van der Waals surface area contributed by atoms with Gasteiger partial charge in [0.05, 0.1) is 44.2 Å². The van der Waals surface area contributed by atoms with Crippen molar-refractivity contribution in [3.8, 4) is 17.2 Å². The van der Waals surface area contributed by atoms with Crippen LogP contribution in [-0.2, 0) is 9.53 Å². The lowest BCUT2D eigenvalue weighted by Gasteiger charge is -2.16. The van der Waals surface area contributed by atoms with Gasteiger partial charge in [0, 0.05) is 11.8 Å². The average molecular weight is 484 g/mol. The van der Waals surface area contributed by atoms with Gasteiger partial charge in [0.15, 0.2) is 5.75 Å². The second-order valence-electron chi connectivity index (χ2n) is 7.08. The van der Waals surface area contributed by atoms with Crippen LogP contribution in [0.5, 0.6) is 17.2 Å². The molecule has 0 saturated heterocycles. The summed E-state index contributed by atoms with van der Waals surface area (Å²) in [4.78, 5) is 41.8. The summed E-state index contributed by atoms with van der Waals surface area (Å²) in [6.07, 6.45) is 0. The molecule has 0 radical (unpaired) electrons. The highest BCUT2D eigenvalue weighted by molar-refractivity contribution is 6.26. The Bertz CT molecular complexity index is 1250. The third-order valence-corrected chi connectivity index (χ3v) is 5.01. The number of anilines is 1. The van der Waals surface area contributed by atoms with Crippen molar-refractivity contribution in [2.45, 2.75) is 13.8 Å². The molecular weight excluding hydrogens is 460 g/mol. The Hall–Kier alpha value is -4.61. The summed E-state index contributed by atoms with van der Waals surface area (Å²) in [6.45, 7) is 3.35. The third kappa shape index (κ3) is 4.86. The second kappa shape index (κ2) is 10.5. The Kier molecular flexibility index (Phi) is 7.54. The van der Waals surface area contributed by atoms with Gasteiger partial charge < -0.3 is 29.6 Å². The minimum Gasteiger partial charge on any atom is -0.493 e. The maximum atomic E-state index is 13.4. The van der Waals surface area contributed by atoms with Crippen LogP contribution in [0.1, 0.15) is 24.2 Å². The summed E-state index contributed by atoms with van der Waals surface area (Å²) >= 11 is 0. The third-order valence-electron chi connectivity index (χ3n) is 5.01. The van der Waals surface area contributed by atoms with Crippen LogP contribution in [0, 0.1) is 10.1 Å². The molecule has 184 valence electrons. The summed E-state index contributed by atoms with van der Waals surface area (Å²) in [6, 6.07) is 8.09. The first-order valence-corrected chi connectivity index (χ1v) is 10.4. The van der Waals surface area contributed by atoms with Crippen LogP contribution >= 0.6 is 0 Å². The normalized spacial score (nSPS) is 12.4. The lowest BCUT2D eigenvalue weighted by Crippen LogP contribution is -2.35. The molecule has 2 aromatic carbocycles. The maximum Gasteiger partial charge on any atom is 0.343 e. The van der Waals surface area contributed by atoms with Crippen LogP contribution in [-0.4, -0.2) is 50.6 Å². The topological polar surface area (TPSA) is 151 Å². The van der Waals surface area contributed by atoms with E-state index in [9.17, 15) is 19.7 Å². The molecule has 3 rings (SSSR count). The molecule has 0 fully saturated rings. The van der Waals surface area contributed by atoms with Gasteiger partial charge in [-0.15, -0.1) is 0 Å². The van der Waals surface area contributed by atoms with Crippen molar-refractivity contribution in [3.63, 3.8) is 0 Å². The fourth-order valence-electron chi connectivity index (χ4n) is 3.51. The first-order valence-electron chi connectivity index (χ1n) is 10.4. The number of hydrogen-bond donors (Lipinski definition) is 2. The number of amidine groups is 1. The Balaban J connectivity index is 2.18. The quantitative estimate of drug-likeness (QED) is 0.342. The molecule has 1 aliphatic rings. The summed E-state index contributed by atoms with van der Waals surface area (Å²) in [5, 5.41) is 17.5. The van der Waals surface area contributed by atoms with Gasteiger partial charge in [-0.25, -0.2) is 9.79 Å². The van der Waals surface area contributed by atoms with E-state index in [1.54, 1.807) is 38.1 Å². The van der Waals surface area contributed by atoms with E-state index in [0.717, 1.165) is 6.07 Å². The number of carbonyl (C=O) groups is 2. The number of esters is 1. The molecule has 0 saturated carbocycles. The second-order valence-corrected chi connectivity index (χ2v) is 7.08. The van der Waals surface area contributed by atoms with Crippen molar-refractivity contribution < 1.29 is 33.5 Å². The smallest absolute Gasteiger partial charge is 0.343 e. The summed E-state index contributed by atoms with van der Waals surface area (Å²) < 4.78 is 20.8.